The lowest BCUT2D eigenvalue weighted by atomic mass is 9.88. The predicted molar refractivity (Wildman–Crippen MR) is 294 cm³/mol. The number of amides is 1. The maximum Gasteiger partial charge on any atom is 0.470 e. The van der Waals surface area contributed by atoms with Crippen molar-refractivity contribution in [3.05, 3.63) is 0 Å². The third-order valence-electron chi connectivity index (χ3n) is 17.3. The van der Waals surface area contributed by atoms with Gasteiger partial charge in [0.1, 0.15) is 128 Å². The number of nitrogens with two attached hydrogens (primary N) is 3. The normalized spacial score (nSPS) is 45.9. The van der Waals surface area contributed by atoms with Gasteiger partial charge in [-0.25, -0.2) is 23.7 Å². The molecule has 0 aliphatic carbocycles. The summed E-state index contributed by atoms with van der Waals surface area (Å²) < 4.78 is 91.8. The molecule has 0 aromatic carbocycles. The van der Waals surface area contributed by atoms with Crippen LogP contribution in [0.5, 0.6) is 0 Å². The van der Waals surface area contributed by atoms with E-state index in [-0.39, 0.29) is 0 Å². The molecule has 0 saturated carbocycles. The van der Waals surface area contributed by atoms with Gasteiger partial charge in [-0.05, 0) is 0 Å². The van der Waals surface area contributed by atoms with Crippen LogP contribution in [0.25, 0.3) is 0 Å². The highest BCUT2D eigenvalue weighted by atomic mass is 31.2. The highest BCUT2D eigenvalue weighted by molar-refractivity contribution is 7.46. The van der Waals surface area contributed by atoms with Crippen LogP contribution < -0.4 is 22.5 Å². The van der Waals surface area contributed by atoms with Crippen molar-refractivity contribution in [2.24, 2.45) is 17.2 Å². The van der Waals surface area contributed by atoms with Gasteiger partial charge in [-0.15, -0.1) is 0 Å². The second-order valence-corrected chi connectivity index (χ2v) is 25.2. The van der Waals surface area contributed by atoms with Crippen LogP contribution in [0.4, 0.5) is 0 Å². The van der Waals surface area contributed by atoms with Crippen LogP contribution >= 0.6 is 7.82 Å². The molecule has 47 nitrogen and oxygen atoms in total. The number of carboxylic acid groups (broad SMARTS) is 4. The molecule has 7 aliphatic rings. The third-order valence-corrected chi connectivity index (χ3v) is 17.8. The van der Waals surface area contributed by atoms with E-state index in [1.54, 1.807) is 0 Å². The lowest BCUT2D eigenvalue weighted by molar-refractivity contribution is -0.411. The molecule has 0 spiro atoms. The summed E-state index contributed by atoms with van der Waals surface area (Å²) in [6.07, 6.45) is -70.3. The fraction of sp³-hybridized carbons (Fsp3) is 0.900. The van der Waals surface area contributed by atoms with E-state index < -0.39 is 310 Å². The average molecular weight is 1460 g/mol. The Hall–Kier alpha value is -3.86. The van der Waals surface area contributed by atoms with Crippen molar-refractivity contribution in [3.63, 3.8) is 0 Å². The SMILES string of the molecule is CC(=O)N[C@H]1[C@@H](O[C@@H]2C[C@](O[C@H]3[C@@H]([C@H](O)CO)O[C@@](OC[C@H]4O[C@@H](OC[C@H]5O[C@H](O)[C@H](N)[C@@H](O)[C@@H]5O)[C@H](N)[C@@H](O)[C@@H]4OP(=O)(O)O)(C(=O)O)C[C@H]3O[C@]3(C(=O)O)C[C@@H](O)[C@@H](O)[C@@H]([C@H](O)CO)O3)(C(=O)O)O[C@H]([C@@H](CO)O[C@@H]3O[C@H](CO)[C@@H](O)[C@H](O)[C@H]3N)[C@@H]2O)O[C@H](C(=O)O)[C@@H](O)[C@@H]1O. The summed E-state index contributed by atoms with van der Waals surface area (Å²) >= 11 is 0. The minimum atomic E-state index is -5.84. The first-order valence-corrected chi connectivity index (χ1v) is 31.3. The number of phosphoric acid groups is 1. The van der Waals surface area contributed by atoms with Gasteiger partial charge in [0.05, 0.1) is 76.1 Å². The first-order chi connectivity index (χ1) is 45.7. The van der Waals surface area contributed by atoms with Crippen LogP contribution in [0.1, 0.15) is 26.2 Å². The van der Waals surface area contributed by atoms with E-state index in [2.05, 4.69) is 5.32 Å². The molecule has 48 heteroatoms. The Morgan fingerprint density at radius 2 is 1.09 bits per heavy atom. The van der Waals surface area contributed by atoms with Gasteiger partial charge < -0.3 is 201 Å². The van der Waals surface area contributed by atoms with Gasteiger partial charge in [-0.3, -0.25) is 9.32 Å². The summed E-state index contributed by atoms with van der Waals surface area (Å²) in [5.41, 5.74) is 17.8. The summed E-state index contributed by atoms with van der Waals surface area (Å²) in [5.74, 6) is -21.7. The standard InChI is InChI=1S/C50H83N4O43P/c1-11(59)54-24-32(70)33(71)39(40(72)73)91-44(24)87-15-3-50(47(79)80,95-36(28(15)66)18(8-58)89-43-22(52)30(68)26(64)17(7-57)88-43)96-38-16(92-49(46(77)78)2-12(60)25(63)34(93-49)13(61)5-55)4-48(45(75)76,94-35(38)14(62)6-56)85-10-20-37(97-98(81,82)83)31(69)23(53)42(90-20)84-9-19-27(65)29(67)21(51)41(74)86-19/h12-39,41-44,55-58,60-71,74H,2-10,51-53H2,1H3,(H,54,59)(H,72,73)(H,75,76)(H,77,78)(H,79,80)(H2,81,82,83)/t12-,13-,14-,15-,16-,17-,18-,19-,20-,21-,22-,23-,24-,25-,26-,27-,28-,29-,30-,31-,32-,33+,34-,35-,36-,37-,38-,39+,41+,42-,43+,44+,48-,49-,50+/m1/s1. The molecular formula is C50H83N4O43P. The Morgan fingerprint density at radius 1 is 0.551 bits per heavy atom. The molecule has 7 heterocycles. The van der Waals surface area contributed by atoms with E-state index in [0.29, 0.717) is 0 Å². The Balaban J connectivity index is 1.38. The molecule has 7 rings (SSSR count). The number of carbonyl (C=O) groups is 5. The number of nitrogens with one attached hydrogen (secondary N) is 1. The molecular weight excluding hydrogens is 1380 g/mol. The number of hydrogen-bond donors (Lipinski definition) is 27. The molecule has 7 fully saturated rings. The van der Waals surface area contributed by atoms with Gasteiger partial charge >= 0.3 is 31.7 Å². The van der Waals surface area contributed by atoms with E-state index in [0.717, 1.165) is 6.92 Å². The first kappa shape index (κ1) is 81.4. The van der Waals surface area contributed by atoms with Crippen molar-refractivity contribution in [3.8, 4) is 0 Å². The molecule has 0 radical (unpaired) electrons. The van der Waals surface area contributed by atoms with E-state index in [1.807, 2.05) is 0 Å². The van der Waals surface area contributed by atoms with Crippen molar-refractivity contribution < 1.29 is 212 Å². The zero-order chi connectivity index (χ0) is 73.3. The van der Waals surface area contributed by atoms with Gasteiger partial charge in [0.2, 0.25) is 5.91 Å². The van der Waals surface area contributed by atoms with E-state index >= 15 is 0 Å². The van der Waals surface area contributed by atoms with Crippen molar-refractivity contribution in [1.29, 1.82) is 0 Å². The fourth-order valence-corrected chi connectivity index (χ4v) is 12.6. The number of aliphatic hydroxyl groups excluding tert-OH is 17. The molecule has 7 aliphatic heterocycles. The maximum atomic E-state index is 14.4. The Morgan fingerprint density at radius 3 is 1.65 bits per heavy atom. The Labute approximate surface area is 549 Å². The van der Waals surface area contributed by atoms with E-state index in [9.17, 15) is 146 Å². The Kier molecular flexibility index (Phi) is 27.3. The second kappa shape index (κ2) is 32.9. The second-order valence-electron chi connectivity index (χ2n) is 24.0. The highest BCUT2D eigenvalue weighted by Crippen LogP contribution is 2.47. The van der Waals surface area contributed by atoms with Gasteiger partial charge in [-0.2, -0.15) is 0 Å². The molecule has 0 aromatic heterocycles. The molecule has 1 amide bonds. The molecule has 35 atom stereocenters. The van der Waals surface area contributed by atoms with Crippen LogP contribution in [-0.2, 0) is 94.6 Å². The minimum absolute atomic E-state index is 0.838. The molecule has 98 heavy (non-hydrogen) atoms. The van der Waals surface area contributed by atoms with Gasteiger partial charge in [0, 0.05) is 26.2 Å². The van der Waals surface area contributed by atoms with E-state index in [1.165, 1.54) is 0 Å². The molecule has 30 N–H and O–H groups in total. The number of hydrogen-bond acceptors (Lipinski definition) is 40. The van der Waals surface area contributed by atoms with Crippen LogP contribution in [0, 0.1) is 0 Å². The van der Waals surface area contributed by atoms with Gasteiger partial charge in [0.25, 0.3) is 17.4 Å². The molecule has 0 unspecified atom stereocenters. The molecule has 566 valence electrons. The van der Waals surface area contributed by atoms with Gasteiger partial charge in [0.15, 0.2) is 31.3 Å². The van der Waals surface area contributed by atoms with Crippen LogP contribution in [0.2, 0.25) is 0 Å². The number of carboxylic acids is 4. The number of phosphoric ester groups is 1. The minimum Gasteiger partial charge on any atom is -0.479 e. The molecule has 0 aromatic rings. The summed E-state index contributed by atoms with van der Waals surface area (Å²) in [4.78, 5) is 87.0. The Bertz CT molecular complexity index is 2750. The van der Waals surface area contributed by atoms with E-state index in [4.69, 9.17) is 83.3 Å². The number of ether oxygens (including phenoxy) is 13. The van der Waals surface area contributed by atoms with Crippen LogP contribution in [0.3, 0.4) is 0 Å². The largest absolute Gasteiger partial charge is 0.479 e. The highest BCUT2D eigenvalue weighted by Gasteiger charge is 2.66. The van der Waals surface area contributed by atoms with Crippen molar-refractivity contribution in [2.45, 2.75) is 239 Å². The monoisotopic (exact) mass is 1460 g/mol. The lowest BCUT2D eigenvalue weighted by Gasteiger charge is -2.53. The number of carbonyl (C=O) groups excluding carboxylic acids is 1. The van der Waals surface area contributed by atoms with Crippen molar-refractivity contribution in [2.75, 3.05) is 39.6 Å². The van der Waals surface area contributed by atoms with Crippen LogP contribution in [0.15, 0.2) is 0 Å². The summed E-state index contributed by atoms with van der Waals surface area (Å²) in [6, 6.07) is -7.50. The smallest absolute Gasteiger partial charge is 0.470 e. The summed E-state index contributed by atoms with van der Waals surface area (Å²) in [6.45, 7) is -7.29. The fourth-order valence-electron chi connectivity index (χ4n) is 12.0. The quantitative estimate of drug-likeness (QED) is 0.0324. The summed E-state index contributed by atoms with van der Waals surface area (Å²) in [7, 11) is -5.84. The molecule has 7 saturated heterocycles. The average Bonchev–Trinajstić information content (AvgIpc) is 0.736. The third kappa shape index (κ3) is 17.3. The maximum absolute atomic E-state index is 14.4. The predicted octanol–water partition coefficient (Wildman–Crippen LogP) is -16.5. The van der Waals surface area contributed by atoms with Crippen molar-refractivity contribution >= 4 is 37.6 Å². The lowest BCUT2D eigenvalue weighted by Crippen LogP contribution is -2.72. The number of aliphatic carboxylic acids is 4. The summed E-state index contributed by atoms with van der Waals surface area (Å²) in [5, 5.41) is 231. The zero-order valence-electron chi connectivity index (χ0n) is 51.0. The topological polar surface area (TPSA) is 787 Å². The zero-order valence-corrected chi connectivity index (χ0v) is 51.9. The van der Waals surface area contributed by atoms with Gasteiger partial charge in [-0.1, -0.05) is 0 Å². The first-order valence-electron chi connectivity index (χ1n) is 29.7. The molecule has 0 bridgehead atoms. The number of rotatable bonds is 28. The van der Waals surface area contributed by atoms with Crippen molar-refractivity contribution in [1.82, 2.24) is 5.32 Å². The number of aliphatic hydroxyl groups is 17. The van der Waals surface area contributed by atoms with Crippen LogP contribution in [-0.4, -0.2) is 400 Å².